The number of carbonyl (C=O) groups is 1. The van der Waals surface area contributed by atoms with E-state index in [1.807, 2.05) is 6.07 Å². The van der Waals surface area contributed by atoms with Gasteiger partial charge in [0.05, 0.1) is 41.7 Å². The predicted octanol–water partition coefficient (Wildman–Crippen LogP) is 2.62. The van der Waals surface area contributed by atoms with Crippen LogP contribution in [0.4, 0.5) is 24.5 Å². The summed E-state index contributed by atoms with van der Waals surface area (Å²) in [5.74, 6) is -1.47. The monoisotopic (exact) mass is 474 g/mol. The SMILES string of the molecule is N#Cc1cc(NC(=O)c2cnn(-c3nccc(N)c3Cl)c2C(F)(F)F)cnc1-n1nccn1. The van der Waals surface area contributed by atoms with Crippen molar-refractivity contribution in [3.8, 4) is 17.7 Å². The summed E-state index contributed by atoms with van der Waals surface area (Å²) < 4.78 is 42.0. The Morgan fingerprint density at radius 2 is 1.85 bits per heavy atom. The third-order valence-electron chi connectivity index (χ3n) is 4.24. The molecule has 4 aromatic rings. The van der Waals surface area contributed by atoms with Crippen LogP contribution in [0.25, 0.3) is 11.6 Å². The van der Waals surface area contributed by atoms with Crippen LogP contribution in [-0.2, 0) is 6.18 Å². The molecule has 0 aliphatic heterocycles. The smallest absolute Gasteiger partial charge is 0.397 e. The van der Waals surface area contributed by atoms with Crippen molar-refractivity contribution in [2.24, 2.45) is 0 Å². The summed E-state index contributed by atoms with van der Waals surface area (Å²) in [6, 6.07) is 4.39. The number of rotatable bonds is 4. The highest BCUT2D eigenvalue weighted by Crippen LogP contribution is 2.35. The van der Waals surface area contributed by atoms with E-state index in [1.165, 1.54) is 24.5 Å². The fraction of sp³-hybridized carbons (Fsp3) is 0.0556. The Morgan fingerprint density at radius 1 is 1.12 bits per heavy atom. The number of nitriles is 1. The average molecular weight is 475 g/mol. The normalized spacial score (nSPS) is 11.2. The van der Waals surface area contributed by atoms with Gasteiger partial charge >= 0.3 is 6.18 Å². The molecule has 0 atom stereocenters. The van der Waals surface area contributed by atoms with Crippen molar-refractivity contribution >= 4 is 28.9 Å². The molecule has 0 radical (unpaired) electrons. The Bertz CT molecular complexity index is 1390. The van der Waals surface area contributed by atoms with E-state index >= 15 is 0 Å². The largest absolute Gasteiger partial charge is 0.434 e. The van der Waals surface area contributed by atoms with E-state index < -0.39 is 29.2 Å². The molecular weight excluding hydrogens is 465 g/mol. The van der Waals surface area contributed by atoms with Gasteiger partial charge in [-0.1, -0.05) is 11.6 Å². The van der Waals surface area contributed by atoms with Crippen LogP contribution in [0.2, 0.25) is 5.02 Å². The molecule has 0 saturated heterocycles. The first-order valence-corrected chi connectivity index (χ1v) is 9.22. The number of nitrogens with one attached hydrogen (secondary N) is 1. The van der Waals surface area contributed by atoms with Crippen molar-refractivity contribution in [1.29, 1.82) is 5.26 Å². The summed E-state index contributed by atoms with van der Waals surface area (Å²) in [7, 11) is 0. The van der Waals surface area contributed by atoms with Crippen molar-refractivity contribution in [3.63, 3.8) is 0 Å². The molecule has 0 saturated carbocycles. The predicted molar refractivity (Wildman–Crippen MR) is 108 cm³/mol. The third-order valence-corrected chi connectivity index (χ3v) is 4.62. The highest BCUT2D eigenvalue weighted by molar-refractivity contribution is 6.34. The standard InChI is InChI=1S/C18H10ClF3N10O/c19-13-12(24)1-2-25-16(13)31-14(18(20,21)22)11(8-29-31)17(33)30-10-5-9(6-23)15(26-7-10)32-27-3-4-28-32/h1-5,7-8H,(H2,24,25)(H,30,33). The number of amides is 1. The molecule has 4 heterocycles. The fourth-order valence-electron chi connectivity index (χ4n) is 2.83. The second-order valence-electron chi connectivity index (χ2n) is 6.33. The zero-order chi connectivity index (χ0) is 23.8. The molecule has 0 aromatic carbocycles. The molecule has 0 spiro atoms. The van der Waals surface area contributed by atoms with Crippen LogP contribution in [0.5, 0.6) is 0 Å². The summed E-state index contributed by atoms with van der Waals surface area (Å²) in [4.78, 5) is 21.6. The quantitative estimate of drug-likeness (QED) is 0.457. The number of alkyl halides is 3. The van der Waals surface area contributed by atoms with Gasteiger partial charge in [0.15, 0.2) is 17.3 Å². The van der Waals surface area contributed by atoms with Gasteiger partial charge in [-0.25, -0.2) is 14.6 Å². The molecular formula is C18H10ClF3N10O. The van der Waals surface area contributed by atoms with Gasteiger partial charge in [-0.05, 0) is 12.1 Å². The zero-order valence-corrected chi connectivity index (χ0v) is 16.9. The maximum absolute atomic E-state index is 13.9. The number of nitrogen functional groups attached to an aromatic ring is 1. The van der Waals surface area contributed by atoms with Gasteiger partial charge in [-0.15, -0.1) is 4.80 Å². The zero-order valence-electron chi connectivity index (χ0n) is 16.1. The lowest BCUT2D eigenvalue weighted by atomic mass is 10.2. The van der Waals surface area contributed by atoms with E-state index in [9.17, 15) is 23.2 Å². The van der Waals surface area contributed by atoms with Crippen molar-refractivity contribution in [3.05, 3.63) is 65.0 Å². The number of halogens is 4. The minimum atomic E-state index is -5.00. The maximum atomic E-state index is 13.9. The number of nitrogens with zero attached hydrogens (tertiary/aromatic N) is 8. The first kappa shape index (κ1) is 21.7. The minimum Gasteiger partial charge on any atom is -0.397 e. The lowest BCUT2D eigenvalue weighted by Gasteiger charge is -2.13. The molecule has 11 nitrogen and oxygen atoms in total. The number of hydrogen-bond acceptors (Lipinski definition) is 8. The summed E-state index contributed by atoms with van der Waals surface area (Å²) in [6.45, 7) is 0. The number of pyridine rings is 2. The molecule has 3 N–H and O–H groups in total. The van der Waals surface area contributed by atoms with Crippen LogP contribution in [0.3, 0.4) is 0 Å². The molecule has 15 heteroatoms. The Kier molecular flexibility index (Phi) is 5.40. The molecule has 0 unspecified atom stereocenters. The number of hydrogen-bond donors (Lipinski definition) is 2. The molecule has 0 aliphatic carbocycles. The molecule has 33 heavy (non-hydrogen) atoms. The van der Waals surface area contributed by atoms with Gasteiger partial charge in [0.1, 0.15) is 16.7 Å². The van der Waals surface area contributed by atoms with Gasteiger partial charge in [-0.3, -0.25) is 4.79 Å². The van der Waals surface area contributed by atoms with Crippen LogP contribution in [0.1, 0.15) is 21.6 Å². The first-order valence-electron chi connectivity index (χ1n) is 8.84. The number of aromatic nitrogens is 7. The summed E-state index contributed by atoms with van der Waals surface area (Å²) >= 11 is 5.99. The van der Waals surface area contributed by atoms with Gasteiger partial charge in [0.25, 0.3) is 5.91 Å². The summed E-state index contributed by atoms with van der Waals surface area (Å²) in [5.41, 5.74) is 3.35. The van der Waals surface area contributed by atoms with Gasteiger partial charge in [-0.2, -0.15) is 33.7 Å². The first-order chi connectivity index (χ1) is 15.7. The Balaban J connectivity index is 1.72. The summed E-state index contributed by atoms with van der Waals surface area (Å²) in [6.07, 6.45) is 0.770. The van der Waals surface area contributed by atoms with Crippen LogP contribution < -0.4 is 11.1 Å². The third kappa shape index (κ3) is 4.04. The van der Waals surface area contributed by atoms with Gasteiger partial charge in [0, 0.05) is 6.20 Å². The molecule has 0 aliphatic rings. The highest BCUT2D eigenvalue weighted by atomic mass is 35.5. The van der Waals surface area contributed by atoms with E-state index in [0.717, 1.165) is 23.4 Å². The van der Waals surface area contributed by atoms with Crippen LogP contribution in [-0.4, -0.2) is 40.6 Å². The second-order valence-corrected chi connectivity index (χ2v) is 6.71. The average Bonchev–Trinajstić information content (AvgIpc) is 3.45. The van der Waals surface area contributed by atoms with Crippen LogP contribution in [0.15, 0.2) is 43.1 Å². The maximum Gasteiger partial charge on any atom is 0.434 e. The van der Waals surface area contributed by atoms with E-state index in [1.54, 1.807) is 0 Å². The van der Waals surface area contributed by atoms with E-state index in [2.05, 4.69) is 30.6 Å². The molecule has 4 rings (SSSR count). The number of anilines is 2. The van der Waals surface area contributed by atoms with Crippen molar-refractivity contribution < 1.29 is 18.0 Å². The molecule has 4 aromatic heterocycles. The number of carbonyl (C=O) groups excluding carboxylic acids is 1. The van der Waals surface area contributed by atoms with Gasteiger partial charge in [0.2, 0.25) is 0 Å². The fourth-order valence-corrected chi connectivity index (χ4v) is 3.03. The second kappa shape index (κ2) is 8.20. The van der Waals surface area contributed by atoms with Crippen molar-refractivity contribution in [2.45, 2.75) is 6.18 Å². The summed E-state index contributed by atoms with van der Waals surface area (Å²) in [5, 5.41) is 22.7. The lowest BCUT2D eigenvalue weighted by Crippen LogP contribution is -2.21. The van der Waals surface area contributed by atoms with Crippen molar-refractivity contribution in [1.82, 2.24) is 34.7 Å². The minimum absolute atomic E-state index is 0.0156. The van der Waals surface area contributed by atoms with E-state index in [4.69, 9.17) is 17.3 Å². The molecule has 1 amide bonds. The van der Waals surface area contributed by atoms with Gasteiger partial charge < -0.3 is 11.1 Å². The molecule has 166 valence electrons. The Hall–Kier alpha value is -4.51. The van der Waals surface area contributed by atoms with Crippen molar-refractivity contribution in [2.75, 3.05) is 11.1 Å². The van der Waals surface area contributed by atoms with E-state index in [-0.39, 0.29) is 27.8 Å². The van der Waals surface area contributed by atoms with Crippen LogP contribution >= 0.6 is 11.6 Å². The molecule has 0 fully saturated rings. The Labute approximate surface area is 187 Å². The molecule has 0 bridgehead atoms. The Morgan fingerprint density at radius 3 is 2.52 bits per heavy atom. The van der Waals surface area contributed by atoms with E-state index in [0.29, 0.717) is 4.68 Å². The lowest BCUT2D eigenvalue weighted by molar-refractivity contribution is -0.143. The highest BCUT2D eigenvalue weighted by Gasteiger charge is 2.41. The number of nitrogens with two attached hydrogens (primary N) is 1. The topological polar surface area (TPSA) is 153 Å². The van der Waals surface area contributed by atoms with Crippen LogP contribution in [0, 0.1) is 11.3 Å².